The molecule has 0 aliphatic carbocycles. The van der Waals surface area contributed by atoms with E-state index in [1.165, 1.54) is 0 Å². The fraction of sp³-hybridized carbons (Fsp3) is 0.0833. The van der Waals surface area contributed by atoms with Crippen molar-refractivity contribution in [2.24, 2.45) is 5.73 Å². The summed E-state index contributed by atoms with van der Waals surface area (Å²) >= 11 is 0. The van der Waals surface area contributed by atoms with Crippen molar-refractivity contribution in [2.75, 3.05) is 0 Å². The zero-order valence-electron chi connectivity index (χ0n) is 9.00. The average molecular weight is 226 g/mol. The number of para-hydroxylation sites is 1. The third kappa shape index (κ3) is 1.76. The molecule has 0 saturated heterocycles. The van der Waals surface area contributed by atoms with E-state index in [-0.39, 0.29) is 6.54 Å². The molecule has 1 aromatic carbocycles. The Labute approximate surface area is 97.3 Å². The zero-order valence-corrected chi connectivity index (χ0v) is 9.00. The molecule has 0 unspecified atom stereocenters. The first kappa shape index (κ1) is 9.92. The number of hydrogen-bond donors (Lipinski definition) is 1. The van der Waals surface area contributed by atoms with Crippen molar-refractivity contribution in [3.05, 3.63) is 42.2 Å². The first-order valence-corrected chi connectivity index (χ1v) is 5.25. The Morgan fingerprint density at radius 1 is 1.06 bits per heavy atom. The number of hydrogen-bond acceptors (Lipinski definition) is 5. The standard InChI is InChI=1S/C12H10N4O/c13-7-11-15-12(17-16-11)10-6-5-8-3-1-2-4-9(8)14-10/h1-6H,7,13H2. The van der Waals surface area contributed by atoms with Crippen molar-refractivity contribution >= 4 is 10.9 Å². The molecule has 5 nitrogen and oxygen atoms in total. The lowest BCUT2D eigenvalue weighted by atomic mass is 10.2. The van der Waals surface area contributed by atoms with Gasteiger partial charge in [0, 0.05) is 5.39 Å². The lowest BCUT2D eigenvalue weighted by Gasteiger charge is -1.97. The summed E-state index contributed by atoms with van der Waals surface area (Å²) in [6.45, 7) is 0.261. The van der Waals surface area contributed by atoms with E-state index >= 15 is 0 Å². The van der Waals surface area contributed by atoms with Gasteiger partial charge in [-0.05, 0) is 12.1 Å². The second-order valence-electron chi connectivity index (χ2n) is 3.61. The Kier molecular flexibility index (Phi) is 2.31. The lowest BCUT2D eigenvalue weighted by Crippen LogP contribution is -1.97. The summed E-state index contributed by atoms with van der Waals surface area (Å²) in [6, 6.07) is 11.7. The van der Waals surface area contributed by atoms with Crippen LogP contribution in [0, 0.1) is 0 Å². The minimum absolute atomic E-state index is 0.261. The van der Waals surface area contributed by atoms with Crippen LogP contribution in [0.4, 0.5) is 0 Å². The molecule has 3 aromatic rings. The van der Waals surface area contributed by atoms with Crippen LogP contribution in [0.5, 0.6) is 0 Å². The SMILES string of the molecule is NCc1noc(-c2ccc3ccccc3n2)n1. The summed E-state index contributed by atoms with van der Waals surface area (Å²) in [4.78, 5) is 8.60. The van der Waals surface area contributed by atoms with Crippen LogP contribution in [0.1, 0.15) is 5.82 Å². The normalized spacial score (nSPS) is 10.9. The van der Waals surface area contributed by atoms with E-state index < -0.39 is 0 Å². The van der Waals surface area contributed by atoms with Gasteiger partial charge in [-0.2, -0.15) is 4.98 Å². The Balaban J connectivity index is 2.11. The third-order valence-electron chi connectivity index (χ3n) is 2.47. The number of nitrogens with zero attached hydrogens (tertiary/aromatic N) is 3. The highest BCUT2D eigenvalue weighted by Crippen LogP contribution is 2.19. The van der Waals surface area contributed by atoms with Crippen LogP contribution in [-0.4, -0.2) is 15.1 Å². The van der Waals surface area contributed by atoms with Crippen LogP contribution in [0.25, 0.3) is 22.5 Å². The number of aromatic nitrogens is 3. The van der Waals surface area contributed by atoms with Crippen molar-refractivity contribution in [3.8, 4) is 11.6 Å². The number of pyridine rings is 1. The van der Waals surface area contributed by atoms with Crippen LogP contribution >= 0.6 is 0 Å². The van der Waals surface area contributed by atoms with Gasteiger partial charge in [0.15, 0.2) is 5.82 Å². The van der Waals surface area contributed by atoms with Crippen molar-refractivity contribution in [1.29, 1.82) is 0 Å². The van der Waals surface area contributed by atoms with Gasteiger partial charge in [0.05, 0.1) is 12.1 Å². The molecule has 0 spiro atoms. The quantitative estimate of drug-likeness (QED) is 0.720. The average Bonchev–Trinajstić information content (AvgIpc) is 2.87. The topological polar surface area (TPSA) is 77.8 Å². The van der Waals surface area contributed by atoms with E-state index in [0.717, 1.165) is 10.9 Å². The molecule has 17 heavy (non-hydrogen) atoms. The Hall–Kier alpha value is -2.27. The van der Waals surface area contributed by atoms with Gasteiger partial charge in [0.2, 0.25) is 0 Å². The molecule has 2 aromatic heterocycles. The van der Waals surface area contributed by atoms with E-state index in [1.807, 2.05) is 36.4 Å². The third-order valence-corrected chi connectivity index (χ3v) is 2.47. The van der Waals surface area contributed by atoms with E-state index in [0.29, 0.717) is 17.4 Å². The molecule has 2 heterocycles. The Bertz CT molecular complexity index is 662. The van der Waals surface area contributed by atoms with Gasteiger partial charge in [0.25, 0.3) is 5.89 Å². The first-order valence-electron chi connectivity index (χ1n) is 5.25. The molecular formula is C12H10N4O. The summed E-state index contributed by atoms with van der Waals surface area (Å²) in [7, 11) is 0. The van der Waals surface area contributed by atoms with Crippen LogP contribution < -0.4 is 5.73 Å². The molecule has 84 valence electrons. The highest BCUT2D eigenvalue weighted by molar-refractivity contribution is 5.80. The smallest absolute Gasteiger partial charge is 0.276 e. The van der Waals surface area contributed by atoms with Crippen LogP contribution in [-0.2, 0) is 6.54 Å². The maximum absolute atomic E-state index is 5.43. The second kappa shape index (κ2) is 3.95. The van der Waals surface area contributed by atoms with E-state index in [9.17, 15) is 0 Å². The summed E-state index contributed by atoms with van der Waals surface area (Å²) in [6.07, 6.45) is 0. The van der Waals surface area contributed by atoms with Crippen LogP contribution in [0.3, 0.4) is 0 Å². The first-order chi connectivity index (χ1) is 8.36. The van der Waals surface area contributed by atoms with Gasteiger partial charge in [-0.15, -0.1) is 0 Å². The van der Waals surface area contributed by atoms with Gasteiger partial charge in [-0.25, -0.2) is 4.98 Å². The molecule has 0 bridgehead atoms. The maximum atomic E-state index is 5.43. The molecule has 0 fully saturated rings. The van der Waals surface area contributed by atoms with Gasteiger partial charge in [0.1, 0.15) is 5.69 Å². The summed E-state index contributed by atoms with van der Waals surface area (Å²) in [5, 5.41) is 4.82. The molecular weight excluding hydrogens is 216 g/mol. The summed E-state index contributed by atoms with van der Waals surface area (Å²) in [5.41, 5.74) is 6.99. The van der Waals surface area contributed by atoms with Gasteiger partial charge < -0.3 is 10.3 Å². The highest BCUT2D eigenvalue weighted by Gasteiger charge is 2.09. The second-order valence-corrected chi connectivity index (χ2v) is 3.61. The molecule has 0 radical (unpaired) electrons. The molecule has 0 aliphatic rings. The highest BCUT2D eigenvalue weighted by atomic mass is 16.5. The predicted molar refractivity (Wildman–Crippen MR) is 62.9 cm³/mol. The minimum Gasteiger partial charge on any atom is -0.332 e. The summed E-state index contributed by atoms with van der Waals surface area (Å²) < 4.78 is 5.09. The lowest BCUT2D eigenvalue weighted by molar-refractivity contribution is 0.421. The number of benzene rings is 1. The van der Waals surface area contributed by atoms with Crippen molar-refractivity contribution in [3.63, 3.8) is 0 Å². The molecule has 0 aliphatic heterocycles. The van der Waals surface area contributed by atoms with Crippen molar-refractivity contribution in [1.82, 2.24) is 15.1 Å². The van der Waals surface area contributed by atoms with Crippen molar-refractivity contribution < 1.29 is 4.52 Å². The molecule has 0 saturated carbocycles. The number of nitrogens with two attached hydrogens (primary N) is 1. The van der Waals surface area contributed by atoms with Crippen LogP contribution in [0.2, 0.25) is 0 Å². The Morgan fingerprint density at radius 3 is 2.76 bits per heavy atom. The monoisotopic (exact) mass is 226 g/mol. The van der Waals surface area contributed by atoms with E-state index in [2.05, 4.69) is 15.1 Å². The van der Waals surface area contributed by atoms with Crippen molar-refractivity contribution in [2.45, 2.75) is 6.54 Å². The molecule has 2 N–H and O–H groups in total. The fourth-order valence-corrected chi connectivity index (χ4v) is 1.63. The van der Waals surface area contributed by atoms with Gasteiger partial charge in [-0.3, -0.25) is 0 Å². The van der Waals surface area contributed by atoms with Gasteiger partial charge >= 0.3 is 0 Å². The maximum Gasteiger partial charge on any atom is 0.276 e. The van der Waals surface area contributed by atoms with Crippen LogP contribution in [0.15, 0.2) is 40.9 Å². The number of rotatable bonds is 2. The van der Waals surface area contributed by atoms with E-state index in [4.69, 9.17) is 10.3 Å². The largest absolute Gasteiger partial charge is 0.332 e. The zero-order chi connectivity index (χ0) is 11.7. The molecule has 0 atom stereocenters. The van der Waals surface area contributed by atoms with E-state index in [1.54, 1.807) is 0 Å². The Morgan fingerprint density at radius 2 is 1.94 bits per heavy atom. The number of fused-ring (bicyclic) bond motifs is 1. The summed E-state index contributed by atoms with van der Waals surface area (Å²) in [5.74, 6) is 0.881. The molecule has 3 rings (SSSR count). The predicted octanol–water partition coefficient (Wildman–Crippen LogP) is 1.74. The fourth-order valence-electron chi connectivity index (χ4n) is 1.63. The molecule has 5 heteroatoms. The molecule has 0 amide bonds. The minimum atomic E-state index is 0.261. The van der Waals surface area contributed by atoms with Gasteiger partial charge in [-0.1, -0.05) is 29.4 Å².